The van der Waals surface area contributed by atoms with Crippen LogP contribution in [0.3, 0.4) is 0 Å². The van der Waals surface area contributed by atoms with Crippen molar-refractivity contribution in [3.05, 3.63) is 35.4 Å². The van der Waals surface area contributed by atoms with E-state index in [0.717, 1.165) is 17.5 Å². The van der Waals surface area contributed by atoms with E-state index in [2.05, 4.69) is 0 Å². The van der Waals surface area contributed by atoms with Crippen molar-refractivity contribution in [2.45, 2.75) is 12.6 Å². The van der Waals surface area contributed by atoms with E-state index in [9.17, 15) is 5.11 Å². The van der Waals surface area contributed by atoms with Gasteiger partial charge < -0.3 is 15.7 Å². The first-order valence-electron chi connectivity index (χ1n) is 4.56. The lowest BCUT2D eigenvalue weighted by molar-refractivity contribution is 0.0427. The van der Waals surface area contributed by atoms with E-state index in [0.29, 0.717) is 6.54 Å². The molecule has 0 spiro atoms. The summed E-state index contributed by atoms with van der Waals surface area (Å²) in [5.74, 6) is -0.0768. The first kappa shape index (κ1) is 9.02. The zero-order chi connectivity index (χ0) is 10.1. The highest BCUT2D eigenvalue weighted by Crippen LogP contribution is 2.26. The lowest BCUT2D eigenvalue weighted by Crippen LogP contribution is -2.43. The highest BCUT2D eigenvalue weighted by Gasteiger charge is 2.25. The lowest BCUT2D eigenvalue weighted by atomic mass is 9.98. The highest BCUT2D eigenvalue weighted by atomic mass is 16.3. The van der Waals surface area contributed by atoms with Crippen LogP contribution in [0.5, 0.6) is 0 Å². The van der Waals surface area contributed by atoms with Gasteiger partial charge in [-0.3, -0.25) is 5.41 Å². The standard InChI is InChI=1S/C10H13N3O/c11-10(12)13-6-5-7-3-1-2-4-8(7)9(13)14/h1-4,9,14H,5-6H2,(H3,11,12). The number of benzene rings is 1. The molecule has 0 saturated carbocycles. The predicted octanol–water partition coefficient (Wildman–Crippen LogP) is 0.429. The van der Waals surface area contributed by atoms with Crippen LogP contribution in [0.4, 0.5) is 0 Å². The molecule has 4 heteroatoms. The van der Waals surface area contributed by atoms with Gasteiger partial charge in [-0.15, -0.1) is 0 Å². The molecule has 0 amide bonds. The minimum absolute atomic E-state index is 0.0768. The summed E-state index contributed by atoms with van der Waals surface area (Å²) in [6.45, 7) is 0.605. The molecule has 1 aromatic rings. The Labute approximate surface area is 82.5 Å². The second kappa shape index (κ2) is 3.31. The van der Waals surface area contributed by atoms with Crippen LogP contribution >= 0.6 is 0 Å². The predicted molar refractivity (Wildman–Crippen MR) is 53.7 cm³/mol. The van der Waals surface area contributed by atoms with Gasteiger partial charge in [0.2, 0.25) is 0 Å². The summed E-state index contributed by atoms with van der Waals surface area (Å²) < 4.78 is 0. The SMILES string of the molecule is N=C(N)N1CCc2ccccc2C1O. The van der Waals surface area contributed by atoms with Gasteiger partial charge in [0.25, 0.3) is 0 Å². The third-order valence-electron chi connectivity index (χ3n) is 2.56. The van der Waals surface area contributed by atoms with Gasteiger partial charge in [-0.05, 0) is 12.0 Å². The van der Waals surface area contributed by atoms with Gasteiger partial charge in [-0.1, -0.05) is 24.3 Å². The number of fused-ring (bicyclic) bond motifs is 1. The smallest absolute Gasteiger partial charge is 0.190 e. The normalized spacial score (nSPS) is 20.4. The van der Waals surface area contributed by atoms with E-state index >= 15 is 0 Å². The van der Waals surface area contributed by atoms with Crippen molar-refractivity contribution in [1.82, 2.24) is 4.90 Å². The van der Waals surface area contributed by atoms with Crippen LogP contribution < -0.4 is 5.73 Å². The Morgan fingerprint density at radius 3 is 2.93 bits per heavy atom. The van der Waals surface area contributed by atoms with Crippen LogP contribution in [0.1, 0.15) is 17.4 Å². The summed E-state index contributed by atoms with van der Waals surface area (Å²) >= 11 is 0. The largest absolute Gasteiger partial charge is 0.370 e. The second-order valence-electron chi connectivity index (χ2n) is 3.40. The van der Waals surface area contributed by atoms with Gasteiger partial charge in [0, 0.05) is 12.1 Å². The van der Waals surface area contributed by atoms with Crippen LogP contribution in [0.25, 0.3) is 0 Å². The van der Waals surface area contributed by atoms with Crippen molar-refractivity contribution >= 4 is 5.96 Å². The van der Waals surface area contributed by atoms with Crippen molar-refractivity contribution in [3.63, 3.8) is 0 Å². The minimum Gasteiger partial charge on any atom is -0.370 e. The first-order valence-corrected chi connectivity index (χ1v) is 4.56. The number of hydrogen-bond donors (Lipinski definition) is 3. The molecule has 2 rings (SSSR count). The topological polar surface area (TPSA) is 73.3 Å². The van der Waals surface area contributed by atoms with Crippen LogP contribution in [-0.4, -0.2) is 22.5 Å². The molecular formula is C10H13N3O. The molecule has 1 aromatic carbocycles. The molecule has 1 unspecified atom stereocenters. The van der Waals surface area contributed by atoms with Gasteiger partial charge in [0.05, 0.1) is 0 Å². The van der Waals surface area contributed by atoms with Gasteiger partial charge >= 0.3 is 0 Å². The molecule has 0 fully saturated rings. The molecule has 1 aliphatic rings. The fourth-order valence-electron chi connectivity index (χ4n) is 1.80. The average molecular weight is 191 g/mol. The van der Waals surface area contributed by atoms with Crippen LogP contribution in [0, 0.1) is 5.41 Å². The first-order chi connectivity index (χ1) is 6.70. The van der Waals surface area contributed by atoms with Crippen molar-refractivity contribution < 1.29 is 5.11 Å². The lowest BCUT2D eigenvalue weighted by Gasteiger charge is -2.33. The van der Waals surface area contributed by atoms with Gasteiger partial charge in [-0.2, -0.15) is 0 Å². The Hall–Kier alpha value is -1.55. The molecule has 0 aromatic heterocycles. The van der Waals surface area contributed by atoms with E-state index < -0.39 is 6.23 Å². The average Bonchev–Trinajstić information content (AvgIpc) is 2.18. The van der Waals surface area contributed by atoms with Crippen molar-refractivity contribution in [2.24, 2.45) is 5.73 Å². The van der Waals surface area contributed by atoms with Crippen LogP contribution in [-0.2, 0) is 6.42 Å². The fourth-order valence-corrected chi connectivity index (χ4v) is 1.80. The summed E-state index contributed by atoms with van der Waals surface area (Å²) in [5, 5.41) is 17.2. The maximum Gasteiger partial charge on any atom is 0.190 e. The van der Waals surface area contributed by atoms with Crippen molar-refractivity contribution in [1.29, 1.82) is 5.41 Å². The van der Waals surface area contributed by atoms with Gasteiger partial charge in [0.15, 0.2) is 12.2 Å². The van der Waals surface area contributed by atoms with Crippen molar-refractivity contribution in [2.75, 3.05) is 6.54 Å². The quantitative estimate of drug-likeness (QED) is 0.411. The number of nitrogens with zero attached hydrogens (tertiary/aromatic N) is 1. The number of rotatable bonds is 0. The Bertz CT molecular complexity index is 364. The number of nitrogens with two attached hydrogens (primary N) is 1. The van der Waals surface area contributed by atoms with Gasteiger partial charge in [-0.25, -0.2) is 0 Å². The monoisotopic (exact) mass is 191 g/mol. The summed E-state index contributed by atoms with van der Waals surface area (Å²) in [5.41, 5.74) is 7.36. The number of hydrogen-bond acceptors (Lipinski definition) is 2. The highest BCUT2D eigenvalue weighted by molar-refractivity contribution is 5.75. The van der Waals surface area contributed by atoms with Crippen molar-refractivity contribution in [3.8, 4) is 0 Å². The molecule has 1 aliphatic heterocycles. The summed E-state index contributed by atoms with van der Waals surface area (Å²) in [4.78, 5) is 1.49. The Morgan fingerprint density at radius 1 is 1.50 bits per heavy atom. The van der Waals surface area contributed by atoms with E-state index in [1.807, 2.05) is 24.3 Å². The van der Waals surface area contributed by atoms with Gasteiger partial charge in [0.1, 0.15) is 0 Å². The summed E-state index contributed by atoms with van der Waals surface area (Å²) in [6, 6.07) is 7.70. The zero-order valence-electron chi connectivity index (χ0n) is 7.77. The molecule has 1 heterocycles. The molecule has 74 valence electrons. The van der Waals surface area contributed by atoms with E-state index in [-0.39, 0.29) is 5.96 Å². The zero-order valence-corrected chi connectivity index (χ0v) is 7.77. The third-order valence-corrected chi connectivity index (χ3v) is 2.56. The third kappa shape index (κ3) is 1.33. The molecule has 0 aliphatic carbocycles. The molecule has 0 bridgehead atoms. The molecule has 14 heavy (non-hydrogen) atoms. The fraction of sp³-hybridized carbons (Fsp3) is 0.300. The summed E-state index contributed by atoms with van der Waals surface area (Å²) in [7, 11) is 0. The molecule has 0 saturated heterocycles. The second-order valence-corrected chi connectivity index (χ2v) is 3.40. The van der Waals surface area contributed by atoms with Crippen LogP contribution in [0.2, 0.25) is 0 Å². The minimum atomic E-state index is -0.766. The number of aliphatic hydroxyl groups excluding tert-OH is 1. The molecule has 4 N–H and O–H groups in total. The Balaban J connectivity index is 2.36. The maximum absolute atomic E-state index is 9.90. The molecule has 4 nitrogen and oxygen atoms in total. The number of aliphatic hydroxyl groups is 1. The molecular weight excluding hydrogens is 178 g/mol. The number of guanidine groups is 1. The summed E-state index contributed by atoms with van der Waals surface area (Å²) in [6.07, 6.45) is 0.0600. The number of nitrogens with one attached hydrogen (secondary N) is 1. The Kier molecular flexibility index (Phi) is 2.13. The molecule has 0 radical (unpaired) electrons. The van der Waals surface area contributed by atoms with E-state index in [1.165, 1.54) is 4.90 Å². The molecule has 1 atom stereocenters. The Morgan fingerprint density at radius 2 is 2.21 bits per heavy atom. The maximum atomic E-state index is 9.90. The van der Waals surface area contributed by atoms with E-state index in [4.69, 9.17) is 11.1 Å². The van der Waals surface area contributed by atoms with E-state index in [1.54, 1.807) is 0 Å². The van der Waals surface area contributed by atoms with Crippen LogP contribution in [0.15, 0.2) is 24.3 Å².